The van der Waals surface area contributed by atoms with Gasteiger partial charge in [-0.3, -0.25) is 14.2 Å². The van der Waals surface area contributed by atoms with Gasteiger partial charge in [-0.05, 0) is 67.0 Å². The number of benzene rings is 2. The molecular weight excluding hydrogens is 512 g/mol. The molecule has 38 heavy (non-hydrogen) atoms. The standard InChI is InChI=1S/C28H26ClF2N5O2/c1-16-34-22(14-24(38)36(16)21-7-6-20(30)26(31)25(21)29)35-11-9-28(10-12-35)15-18-5-3-17(4-8-23(37)33-2)13-19(18)27(28)32/h3,5-7,13-14,27H,9-12,15,32H2,1-2H3,(H,33,37)/t27-/m1/s1. The van der Waals surface area contributed by atoms with Crippen LogP contribution in [0.15, 0.2) is 41.2 Å². The molecule has 1 amide bonds. The Hall–Kier alpha value is -3.74. The number of fused-ring (bicyclic) bond motifs is 1. The largest absolute Gasteiger partial charge is 0.356 e. The molecule has 7 nitrogen and oxygen atoms in total. The number of carbonyl (C=O) groups is 1. The summed E-state index contributed by atoms with van der Waals surface area (Å²) in [5, 5.41) is 2.01. The lowest BCUT2D eigenvalue weighted by Gasteiger charge is -2.42. The molecule has 0 bridgehead atoms. The molecule has 0 saturated carbocycles. The first-order valence-corrected chi connectivity index (χ1v) is 12.6. The molecule has 5 rings (SSSR count). The van der Waals surface area contributed by atoms with E-state index in [4.69, 9.17) is 17.3 Å². The second-order valence-corrected chi connectivity index (χ2v) is 10.2. The van der Waals surface area contributed by atoms with Gasteiger partial charge in [0.2, 0.25) is 0 Å². The smallest absolute Gasteiger partial charge is 0.295 e. The number of piperidine rings is 1. The fourth-order valence-electron chi connectivity index (χ4n) is 5.53. The number of halogens is 3. The molecular formula is C28H26ClF2N5O2. The number of carbonyl (C=O) groups excluding carboxylic acids is 1. The van der Waals surface area contributed by atoms with Crippen LogP contribution in [0.1, 0.15) is 41.4 Å². The van der Waals surface area contributed by atoms with Gasteiger partial charge in [0.25, 0.3) is 11.5 Å². The summed E-state index contributed by atoms with van der Waals surface area (Å²) in [5.41, 5.74) is 9.26. The summed E-state index contributed by atoms with van der Waals surface area (Å²) in [7, 11) is 1.54. The van der Waals surface area contributed by atoms with E-state index in [1.807, 2.05) is 23.1 Å². The summed E-state index contributed by atoms with van der Waals surface area (Å²) in [6, 6.07) is 9.35. The second kappa shape index (κ2) is 9.86. The number of anilines is 1. The zero-order valence-corrected chi connectivity index (χ0v) is 21.7. The summed E-state index contributed by atoms with van der Waals surface area (Å²) in [5.74, 6) is 3.64. The second-order valence-electron chi connectivity index (χ2n) is 9.78. The van der Waals surface area contributed by atoms with Crippen LogP contribution in [0.4, 0.5) is 14.6 Å². The lowest BCUT2D eigenvalue weighted by molar-refractivity contribution is -0.115. The molecule has 10 heteroatoms. The van der Waals surface area contributed by atoms with Crippen LogP contribution in [0.3, 0.4) is 0 Å². The average Bonchev–Trinajstić information content (AvgIpc) is 3.17. The van der Waals surface area contributed by atoms with Gasteiger partial charge in [-0.1, -0.05) is 23.6 Å². The number of rotatable bonds is 2. The van der Waals surface area contributed by atoms with Crippen LogP contribution >= 0.6 is 11.6 Å². The summed E-state index contributed by atoms with van der Waals surface area (Å²) < 4.78 is 28.7. The van der Waals surface area contributed by atoms with E-state index in [2.05, 4.69) is 22.1 Å². The molecule has 2 aromatic carbocycles. The van der Waals surface area contributed by atoms with Gasteiger partial charge in [0.15, 0.2) is 11.6 Å². The lowest BCUT2D eigenvalue weighted by Crippen LogP contribution is -2.45. The monoisotopic (exact) mass is 537 g/mol. The van der Waals surface area contributed by atoms with Crippen LogP contribution in [-0.2, 0) is 11.2 Å². The van der Waals surface area contributed by atoms with Crippen LogP contribution < -0.4 is 21.5 Å². The van der Waals surface area contributed by atoms with Crippen molar-refractivity contribution in [3.05, 3.63) is 85.9 Å². The van der Waals surface area contributed by atoms with Gasteiger partial charge in [-0.2, -0.15) is 0 Å². The number of hydrogen-bond acceptors (Lipinski definition) is 5. The lowest BCUT2D eigenvalue weighted by atomic mass is 9.73. The van der Waals surface area contributed by atoms with Crippen LogP contribution in [0.5, 0.6) is 0 Å². The Bertz CT molecular complexity index is 1570. The minimum atomic E-state index is -1.21. The van der Waals surface area contributed by atoms with Crippen LogP contribution in [-0.4, -0.2) is 35.6 Å². The van der Waals surface area contributed by atoms with Crippen molar-refractivity contribution in [1.29, 1.82) is 0 Å². The van der Waals surface area contributed by atoms with E-state index < -0.39 is 22.2 Å². The number of nitrogens with one attached hydrogen (secondary N) is 1. The SMILES string of the molecule is CNC(=O)C#Cc1ccc2c(c1)[C@@H](N)C1(CCN(c3cc(=O)n(-c4ccc(F)c(F)c4Cl)c(C)n3)CC1)C2. The zero-order chi connectivity index (χ0) is 27.2. The molecule has 2 aliphatic rings. The minimum absolute atomic E-state index is 0.0405. The molecule has 0 unspecified atom stereocenters. The number of nitrogens with zero attached hydrogens (tertiary/aromatic N) is 3. The van der Waals surface area contributed by atoms with Crippen molar-refractivity contribution >= 4 is 23.3 Å². The minimum Gasteiger partial charge on any atom is -0.356 e. The first-order chi connectivity index (χ1) is 18.1. The van der Waals surface area contributed by atoms with Crippen molar-refractivity contribution in [1.82, 2.24) is 14.9 Å². The molecule has 1 atom stereocenters. The maximum absolute atomic E-state index is 14.0. The van der Waals surface area contributed by atoms with Crippen molar-refractivity contribution in [2.24, 2.45) is 11.1 Å². The third-order valence-electron chi connectivity index (χ3n) is 7.64. The van der Waals surface area contributed by atoms with Crippen molar-refractivity contribution in [2.45, 2.75) is 32.2 Å². The Morgan fingerprint density at radius 1 is 1.21 bits per heavy atom. The highest BCUT2D eigenvalue weighted by Gasteiger charge is 2.46. The Labute approximate surface area is 223 Å². The van der Waals surface area contributed by atoms with E-state index >= 15 is 0 Å². The van der Waals surface area contributed by atoms with E-state index in [1.165, 1.54) is 29.3 Å². The first kappa shape index (κ1) is 25.9. The van der Waals surface area contributed by atoms with E-state index in [0.29, 0.717) is 24.7 Å². The summed E-state index contributed by atoms with van der Waals surface area (Å²) >= 11 is 5.98. The Morgan fingerprint density at radius 3 is 2.63 bits per heavy atom. The number of amides is 1. The molecule has 2 heterocycles. The van der Waals surface area contributed by atoms with Crippen LogP contribution in [0.25, 0.3) is 5.69 Å². The van der Waals surface area contributed by atoms with Gasteiger partial charge >= 0.3 is 0 Å². The Kier molecular flexibility index (Phi) is 6.72. The highest BCUT2D eigenvalue weighted by molar-refractivity contribution is 6.32. The normalized spacial score (nSPS) is 17.6. The Morgan fingerprint density at radius 2 is 1.95 bits per heavy atom. The highest BCUT2D eigenvalue weighted by Crippen LogP contribution is 2.51. The third-order valence-corrected chi connectivity index (χ3v) is 8.00. The van der Waals surface area contributed by atoms with Gasteiger partial charge in [0, 0.05) is 43.7 Å². The molecule has 0 radical (unpaired) electrons. The molecule has 1 aliphatic heterocycles. The molecule has 3 aromatic rings. The fraction of sp³-hybridized carbons (Fsp3) is 0.321. The summed E-state index contributed by atoms with van der Waals surface area (Å²) in [6.07, 6.45) is 2.46. The van der Waals surface area contributed by atoms with Gasteiger partial charge < -0.3 is 16.0 Å². The van der Waals surface area contributed by atoms with E-state index in [-0.39, 0.29) is 23.1 Å². The molecule has 1 aromatic heterocycles. The molecule has 1 saturated heterocycles. The van der Waals surface area contributed by atoms with Gasteiger partial charge in [0.1, 0.15) is 16.7 Å². The van der Waals surface area contributed by atoms with Crippen LogP contribution in [0.2, 0.25) is 5.02 Å². The predicted octanol–water partition coefficient (Wildman–Crippen LogP) is 3.41. The van der Waals surface area contributed by atoms with Crippen molar-refractivity contribution in [3.63, 3.8) is 0 Å². The molecule has 1 aliphatic carbocycles. The Balaban J connectivity index is 1.35. The van der Waals surface area contributed by atoms with Gasteiger partial charge in [-0.15, -0.1) is 0 Å². The summed E-state index contributed by atoms with van der Waals surface area (Å²) in [6.45, 7) is 2.95. The first-order valence-electron chi connectivity index (χ1n) is 12.3. The zero-order valence-electron chi connectivity index (χ0n) is 20.9. The van der Waals surface area contributed by atoms with Crippen molar-refractivity contribution in [2.75, 3.05) is 25.0 Å². The predicted molar refractivity (Wildman–Crippen MR) is 141 cm³/mol. The molecule has 196 valence electrons. The summed E-state index contributed by atoms with van der Waals surface area (Å²) in [4.78, 5) is 31.1. The van der Waals surface area contributed by atoms with E-state index in [9.17, 15) is 18.4 Å². The number of nitrogens with two attached hydrogens (primary N) is 1. The average molecular weight is 538 g/mol. The van der Waals surface area contributed by atoms with E-state index in [1.54, 1.807) is 6.92 Å². The fourth-order valence-corrected chi connectivity index (χ4v) is 5.77. The number of aryl methyl sites for hydroxylation is 1. The molecule has 1 fully saturated rings. The van der Waals surface area contributed by atoms with E-state index in [0.717, 1.165) is 36.5 Å². The third kappa shape index (κ3) is 4.44. The highest BCUT2D eigenvalue weighted by atomic mass is 35.5. The maximum atomic E-state index is 14.0. The quantitative estimate of drug-likeness (QED) is 0.386. The molecule has 1 spiro atoms. The van der Waals surface area contributed by atoms with Crippen LogP contribution in [0, 0.1) is 35.8 Å². The molecule has 3 N–H and O–H groups in total. The van der Waals surface area contributed by atoms with Crippen molar-refractivity contribution in [3.8, 4) is 17.5 Å². The van der Waals surface area contributed by atoms with Crippen molar-refractivity contribution < 1.29 is 13.6 Å². The number of aromatic nitrogens is 2. The van der Waals surface area contributed by atoms with Gasteiger partial charge in [0.05, 0.1) is 5.69 Å². The van der Waals surface area contributed by atoms with Gasteiger partial charge in [-0.25, -0.2) is 13.8 Å². The number of hydrogen-bond donors (Lipinski definition) is 2. The topological polar surface area (TPSA) is 93.3 Å². The maximum Gasteiger partial charge on any atom is 0.295 e.